The number of nitrogens with zero attached hydrogens (tertiary/aromatic N) is 2. The number of nitriles is 1. The molecule has 0 bridgehead atoms. The number of benzene rings is 10. The summed E-state index contributed by atoms with van der Waals surface area (Å²) in [5, 5.41) is 18.1. The first-order chi connectivity index (χ1) is 29.3. The third kappa shape index (κ3) is 5.84. The summed E-state index contributed by atoms with van der Waals surface area (Å²) in [7, 11) is 0. The molecular weight excluding hydrogens is 760 g/mol. The van der Waals surface area contributed by atoms with Crippen molar-refractivity contribution in [3.05, 3.63) is 211 Å². The van der Waals surface area contributed by atoms with Crippen molar-refractivity contribution in [2.24, 2.45) is 0 Å². The first-order valence-electron chi connectivity index (χ1n) is 19.2. The topological polar surface area (TPSA) is 27.0 Å². The van der Waals surface area contributed by atoms with Gasteiger partial charge in [-0.3, -0.25) is 0 Å². The van der Waals surface area contributed by atoms with E-state index in [-0.39, 0.29) is 16.9 Å². The molecule has 7 heteroatoms. The van der Waals surface area contributed by atoms with E-state index in [4.69, 9.17) is 0 Å². The molecular formula is C53H29F5N2. The van der Waals surface area contributed by atoms with Crippen LogP contribution >= 0.6 is 0 Å². The van der Waals surface area contributed by atoms with Gasteiger partial charge in [0.2, 0.25) is 5.82 Å². The lowest BCUT2D eigenvalue weighted by atomic mass is 9.83. The van der Waals surface area contributed by atoms with Crippen molar-refractivity contribution < 1.29 is 22.0 Å². The second kappa shape index (κ2) is 14.5. The molecule has 10 aromatic carbocycles. The van der Waals surface area contributed by atoms with Crippen LogP contribution in [0.2, 0.25) is 0 Å². The van der Waals surface area contributed by atoms with Gasteiger partial charge >= 0.3 is 0 Å². The van der Waals surface area contributed by atoms with Crippen LogP contribution in [0.5, 0.6) is 0 Å². The standard InChI is InChI=1S/C53H29F5N2/c54-48-49(55)51(57)53(52(58)50(48)56)60(36-24-19-31(30-59)20-25-36)37-26-21-32(22-27-37)35-23-28-44-45(29-35)47(41-18-8-12-34-10-2-4-14-39(34)41)43-16-6-5-15-42(43)46(44)40-17-7-11-33-9-1-3-13-38(33)40/h1-29H. The molecule has 0 aliphatic rings. The molecule has 0 saturated heterocycles. The third-order valence-corrected chi connectivity index (χ3v) is 11.3. The first-order valence-corrected chi connectivity index (χ1v) is 19.2. The highest BCUT2D eigenvalue weighted by Crippen LogP contribution is 2.48. The van der Waals surface area contributed by atoms with Crippen molar-refractivity contribution >= 4 is 60.2 Å². The number of fused-ring (bicyclic) bond motifs is 4. The van der Waals surface area contributed by atoms with Crippen LogP contribution < -0.4 is 4.90 Å². The van der Waals surface area contributed by atoms with E-state index in [1.54, 1.807) is 24.3 Å². The zero-order chi connectivity index (χ0) is 41.1. The van der Waals surface area contributed by atoms with Crippen molar-refractivity contribution in [1.29, 1.82) is 5.26 Å². The highest BCUT2D eigenvalue weighted by molar-refractivity contribution is 6.25. The lowest BCUT2D eigenvalue weighted by molar-refractivity contribution is 0.380. The van der Waals surface area contributed by atoms with Gasteiger partial charge in [-0.1, -0.05) is 133 Å². The minimum absolute atomic E-state index is 0.0863. The maximum Gasteiger partial charge on any atom is 0.200 e. The smallest absolute Gasteiger partial charge is 0.200 e. The molecule has 0 amide bonds. The summed E-state index contributed by atoms with van der Waals surface area (Å²) in [5.74, 6) is -10.3. The fourth-order valence-corrected chi connectivity index (χ4v) is 8.51. The SMILES string of the molecule is N#Cc1ccc(N(c2ccc(-c3ccc4c(-c5cccc6ccccc56)c5ccccc5c(-c5cccc6ccccc56)c4c3)cc2)c2c(F)c(F)c(F)c(F)c2F)cc1. The molecule has 0 spiro atoms. The highest BCUT2D eigenvalue weighted by atomic mass is 19.2. The van der Waals surface area contributed by atoms with Gasteiger partial charge in [0.1, 0.15) is 5.69 Å². The van der Waals surface area contributed by atoms with Crippen molar-refractivity contribution in [1.82, 2.24) is 0 Å². The number of halogens is 5. The fraction of sp³-hybridized carbons (Fsp3) is 0. The van der Waals surface area contributed by atoms with E-state index < -0.39 is 34.8 Å². The number of hydrogen-bond acceptors (Lipinski definition) is 2. The monoisotopic (exact) mass is 788 g/mol. The van der Waals surface area contributed by atoms with Gasteiger partial charge in [0.05, 0.1) is 11.6 Å². The summed E-state index contributed by atoms with van der Waals surface area (Å²) in [6.45, 7) is 0. The van der Waals surface area contributed by atoms with Gasteiger partial charge in [0.15, 0.2) is 23.3 Å². The van der Waals surface area contributed by atoms with Crippen molar-refractivity contribution in [2.75, 3.05) is 4.90 Å². The Labute approximate surface area is 341 Å². The molecule has 0 atom stereocenters. The Balaban J connectivity index is 1.21. The van der Waals surface area contributed by atoms with Crippen LogP contribution in [0.25, 0.3) is 76.5 Å². The molecule has 0 heterocycles. The molecule has 10 rings (SSSR count). The summed E-state index contributed by atoms with van der Waals surface area (Å²) >= 11 is 0. The first kappa shape index (κ1) is 36.5. The van der Waals surface area contributed by atoms with Crippen LogP contribution in [0.4, 0.5) is 39.0 Å². The van der Waals surface area contributed by atoms with Gasteiger partial charge in [-0.2, -0.15) is 5.26 Å². The Hall–Kier alpha value is -7.82. The molecule has 0 N–H and O–H groups in total. The normalized spacial score (nSPS) is 11.4. The predicted octanol–water partition coefficient (Wildman–Crippen LogP) is 15.3. The van der Waals surface area contributed by atoms with E-state index in [1.807, 2.05) is 30.3 Å². The Morgan fingerprint density at radius 3 is 1.32 bits per heavy atom. The third-order valence-electron chi connectivity index (χ3n) is 11.3. The Kier molecular flexibility index (Phi) is 8.84. The second-order valence-electron chi connectivity index (χ2n) is 14.6. The van der Waals surface area contributed by atoms with E-state index in [0.29, 0.717) is 0 Å². The van der Waals surface area contributed by atoms with Crippen LogP contribution in [0, 0.1) is 40.4 Å². The summed E-state index contributed by atoms with van der Waals surface area (Å²) in [6, 6.07) is 58.4. The van der Waals surface area contributed by atoms with Gasteiger partial charge in [-0.05, 0) is 119 Å². The lowest BCUT2D eigenvalue weighted by Crippen LogP contribution is -2.17. The van der Waals surface area contributed by atoms with Crippen LogP contribution in [-0.4, -0.2) is 0 Å². The predicted molar refractivity (Wildman–Crippen MR) is 232 cm³/mol. The average molecular weight is 789 g/mol. The van der Waals surface area contributed by atoms with E-state index in [2.05, 4.69) is 103 Å². The number of rotatable bonds is 6. The molecule has 0 aliphatic heterocycles. The quantitative estimate of drug-likeness (QED) is 0.0726. The molecule has 2 nitrogen and oxygen atoms in total. The van der Waals surface area contributed by atoms with Crippen LogP contribution in [0.1, 0.15) is 5.56 Å². The fourth-order valence-electron chi connectivity index (χ4n) is 8.51. The molecule has 0 aromatic heterocycles. The second-order valence-corrected chi connectivity index (χ2v) is 14.6. The molecule has 0 fully saturated rings. The van der Waals surface area contributed by atoms with E-state index in [9.17, 15) is 18.4 Å². The number of anilines is 3. The molecule has 10 aromatic rings. The molecule has 286 valence electrons. The van der Waals surface area contributed by atoms with Crippen LogP contribution in [-0.2, 0) is 0 Å². The van der Waals surface area contributed by atoms with Crippen molar-refractivity contribution in [3.63, 3.8) is 0 Å². The van der Waals surface area contributed by atoms with Gasteiger partial charge < -0.3 is 4.90 Å². The van der Waals surface area contributed by atoms with Crippen LogP contribution in [0.3, 0.4) is 0 Å². The Morgan fingerprint density at radius 1 is 0.367 bits per heavy atom. The van der Waals surface area contributed by atoms with Gasteiger partial charge in [0, 0.05) is 11.4 Å². The van der Waals surface area contributed by atoms with E-state index in [0.717, 1.165) is 81.4 Å². The lowest BCUT2D eigenvalue weighted by Gasteiger charge is -2.27. The van der Waals surface area contributed by atoms with Crippen molar-refractivity contribution in [3.8, 4) is 39.4 Å². The number of hydrogen-bond donors (Lipinski definition) is 0. The molecule has 0 unspecified atom stereocenters. The minimum Gasteiger partial charge on any atom is -0.305 e. The van der Waals surface area contributed by atoms with E-state index in [1.165, 1.54) is 24.3 Å². The van der Waals surface area contributed by atoms with Gasteiger partial charge in [0.25, 0.3) is 0 Å². The molecule has 60 heavy (non-hydrogen) atoms. The minimum atomic E-state index is -2.25. The summed E-state index contributed by atoms with van der Waals surface area (Å²) in [5.41, 5.74) is 5.28. The van der Waals surface area contributed by atoms with Crippen LogP contribution in [0.15, 0.2) is 176 Å². The zero-order valence-electron chi connectivity index (χ0n) is 31.5. The molecule has 0 aliphatic carbocycles. The highest BCUT2D eigenvalue weighted by Gasteiger charge is 2.31. The van der Waals surface area contributed by atoms with Gasteiger partial charge in [-0.15, -0.1) is 0 Å². The maximum absolute atomic E-state index is 15.5. The molecule has 0 radical (unpaired) electrons. The summed E-state index contributed by atoms with van der Waals surface area (Å²) < 4.78 is 74.5. The Bertz CT molecular complexity index is 3350. The maximum atomic E-state index is 15.5. The molecule has 0 saturated carbocycles. The average Bonchev–Trinajstić information content (AvgIpc) is 3.30. The summed E-state index contributed by atoms with van der Waals surface area (Å²) in [6.07, 6.45) is 0. The van der Waals surface area contributed by atoms with E-state index >= 15 is 8.78 Å². The zero-order valence-corrected chi connectivity index (χ0v) is 31.5. The largest absolute Gasteiger partial charge is 0.305 e. The summed E-state index contributed by atoms with van der Waals surface area (Å²) in [4.78, 5) is 0.961. The van der Waals surface area contributed by atoms with Gasteiger partial charge in [-0.25, -0.2) is 22.0 Å². The Morgan fingerprint density at radius 2 is 0.783 bits per heavy atom. The van der Waals surface area contributed by atoms with Crippen molar-refractivity contribution in [2.45, 2.75) is 0 Å².